The minimum atomic E-state index is -2.28. The van der Waals surface area contributed by atoms with Crippen molar-refractivity contribution in [1.29, 1.82) is 0 Å². The average Bonchev–Trinajstić information content (AvgIpc) is 2.95. The van der Waals surface area contributed by atoms with Crippen LogP contribution in [0.5, 0.6) is 0 Å². The Morgan fingerprint density at radius 3 is 1.46 bits per heavy atom. The highest BCUT2D eigenvalue weighted by Crippen LogP contribution is 2.46. The minimum absolute atomic E-state index is 0.0143. The summed E-state index contributed by atoms with van der Waals surface area (Å²) in [7, 11) is -8.82. The topological polar surface area (TPSA) is 88.9 Å². The van der Waals surface area contributed by atoms with Crippen molar-refractivity contribution in [1.82, 2.24) is 4.90 Å². The van der Waals surface area contributed by atoms with Crippen LogP contribution in [0.3, 0.4) is 0 Å². The van der Waals surface area contributed by atoms with Gasteiger partial charge in [-0.1, -0.05) is 112 Å². The predicted octanol–water partition coefficient (Wildman–Crippen LogP) is 12.0. The molecule has 1 aromatic rings. The highest BCUT2D eigenvalue weighted by Gasteiger charge is 2.55. The van der Waals surface area contributed by atoms with Gasteiger partial charge in [0.15, 0.2) is 33.3 Å². The lowest BCUT2D eigenvalue weighted by atomic mass is 9.93. The standard InChI is InChI=1S/C40H80N4O4Si4/c1-37(2,3)49(13,14)45-30-33-35(47-51(17,18)39(7,8)9)36(48-52(19,20)40(10,11)12)34(46-50(15,16)38(4,5)6)29-44(33)28-26-32-23-21-31(22-24-32)25-27-42-43-41/h21-24,33-36H,25-30H2,1-20H3/t33-,34?,35?,36?/m1/s1. The third kappa shape index (κ3) is 12.3. The van der Waals surface area contributed by atoms with Crippen LogP contribution in [0.2, 0.25) is 72.5 Å². The molecule has 0 aromatic heterocycles. The first-order valence-corrected chi connectivity index (χ1v) is 31.4. The van der Waals surface area contributed by atoms with Gasteiger partial charge in [0.25, 0.3) is 0 Å². The van der Waals surface area contributed by atoms with E-state index in [0.717, 1.165) is 25.9 Å². The zero-order chi connectivity index (χ0) is 40.4. The number of hydrogen-bond acceptors (Lipinski definition) is 6. The summed E-state index contributed by atoms with van der Waals surface area (Å²) in [5.41, 5.74) is 11.2. The highest BCUT2D eigenvalue weighted by molar-refractivity contribution is 6.75. The molecule has 0 N–H and O–H groups in total. The molecule has 0 amide bonds. The van der Waals surface area contributed by atoms with Crippen molar-refractivity contribution in [2.45, 2.75) is 193 Å². The van der Waals surface area contributed by atoms with Gasteiger partial charge in [-0.05, 0) is 102 Å². The Kier molecular flexibility index (Phi) is 15.6. The monoisotopic (exact) mass is 793 g/mol. The average molecular weight is 793 g/mol. The van der Waals surface area contributed by atoms with Crippen LogP contribution in [0, 0.1) is 0 Å². The lowest BCUT2D eigenvalue weighted by Crippen LogP contribution is -2.70. The lowest BCUT2D eigenvalue weighted by molar-refractivity contribution is -0.128. The number of nitrogens with zero attached hydrogens (tertiary/aromatic N) is 4. The van der Waals surface area contributed by atoms with Gasteiger partial charge in [0.2, 0.25) is 0 Å². The van der Waals surface area contributed by atoms with Crippen LogP contribution in [-0.2, 0) is 30.5 Å². The zero-order valence-corrected chi connectivity index (χ0v) is 41.3. The summed E-state index contributed by atoms with van der Waals surface area (Å²) in [5, 5.41) is 3.93. The van der Waals surface area contributed by atoms with E-state index in [0.29, 0.717) is 13.2 Å². The molecule has 2 rings (SSSR count). The highest BCUT2D eigenvalue weighted by atomic mass is 28.4. The Labute approximate surface area is 324 Å². The maximum Gasteiger partial charge on any atom is 0.192 e. The molecular weight excluding hydrogens is 713 g/mol. The van der Waals surface area contributed by atoms with Crippen molar-refractivity contribution in [3.05, 3.63) is 45.8 Å². The second-order valence-corrected chi connectivity index (χ2v) is 40.6. The molecule has 1 aliphatic heterocycles. The van der Waals surface area contributed by atoms with Crippen molar-refractivity contribution in [3.63, 3.8) is 0 Å². The summed E-state index contributed by atoms with van der Waals surface area (Å²) >= 11 is 0. The molecular formula is C40H80N4O4Si4. The van der Waals surface area contributed by atoms with Crippen LogP contribution in [0.4, 0.5) is 0 Å². The Hall–Kier alpha value is -0.802. The van der Waals surface area contributed by atoms with Gasteiger partial charge in [0.05, 0.1) is 31.0 Å². The molecule has 12 heteroatoms. The third-order valence-corrected chi connectivity index (χ3v) is 31.3. The fraction of sp³-hybridized carbons (Fsp3) is 0.850. The van der Waals surface area contributed by atoms with Crippen molar-refractivity contribution >= 4 is 33.3 Å². The fourth-order valence-electron chi connectivity index (χ4n) is 5.43. The van der Waals surface area contributed by atoms with E-state index < -0.39 is 33.3 Å². The van der Waals surface area contributed by atoms with E-state index >= 15 is 0 Å². The Morgan fingerprint density at radius 1 is 0.635 bits per heavy atom. The smallest absolute Gasteiger partial charge is 0.192 e. The van der Waals surface area contributed by atoms with E-state index in [4.69, 9.17) is 23.2 Å². The van der Waals surface area contributed by atoms with Gasteiger partial charge in [0.1, 0.15) is 0 Å². The minimum Gasteiger partial charge on any atom is -0.415 e. The van der Waals surface area contributed by atoms with Gasteiger partial charge in [-0.25, -0.2) is 0 Å². The van der Waals surface area contributed by atoms with Crippen LogP contribution >= 0.6 is 0 Å². The van der Waals surface area contributed by atoms with E-state index in [1.165, 1.54) is 11.1 Å². The van der Waals surface area contributed by atoms with Gasteiger partial charge in [-0.2, -0.15) is 0 Å². The molecule has 4 atom stereocenters. The van der Waals surface area contributed by atoms with Gasteiger partial charge in [0, 0.05) is 24.5 Å². The maximum atomic E-state index is 8.70. The quantitative estimate of drug-likeness (QED) is 0.0763. The Balaban J connectivity index is 2.78. The first-order valence-electron chi connectivity index (χ1n) is 19.8. The molecule has 0 radical (unpaired) electrons. The SMILES string of the molecule is CC(C)(C)[Si](C)(C)OC[C@@H]1C(O[Si](C)(C)C(C)(C)C)C(O[Si](C)(C)C(C)(C)C)C(O[Si](C)(C)C(C)(C)C)CN1CCc1ccc(CCN=[N+]=[N-])cc1. The zero-order valence-electron chi connectivity index (χ0n) is 37.3. The predicted molar refractivity (Wildman–Crippen MR) is 233 cm³/mol. The van der Waals surface area contributed by atoms with Gasteiger partial charge in [-0.3, -0.25) is 4.90 Å². The number of azide groups is 1. The van der Waals surface area contributed by atoms with E-state index in [9.17, 15) is 0 Å². The van der Waals surface area contributed by atoms with Crippen LogP contribution in [0.25, 0.3) is 10.4 Å². The van der Waals surface area contributed by atoms with Crippen molar-refractivity contribution in [2.75, 3.05) is 26.2 Å². The number of benzene rings is 1. The molecule has 0 bridgehead atoms. The van der Waals surface area contributed by atoms with Crippen LogP contribution in [0.15, 0.2) is 29.4 Å². The summed E-state index contributed by atoms with van der Waals surface area (Å²) in [5.74, 6) is 0. The summed E-state index contributed by atoms with van der Waals surface area (Å²) in [6.07, 6.45) is 1.12. The molecule has 0 aliphatic carbocycles. The van der Waals surface area contributed by atoms with Crippen molar-refractivity contribution in [3.8, 4) is 0 Å². The van der Waals surface area contributed by atoms with Crippen LogP contribution in [0.1, 0.15) is 94.2 Å². The number of likely N-dealkylation sites (tertiary alicyclic amines) is 1. The molecule has 0 saturated carbocycles. The van der Waals surface area contributed by atoms with Gasteiger partial charge >= 0.3 is 0 Å². The van der Waals surface area contributed by atoms with Gasteiger partial charge in [-0.15, -0.1) is 0 Å². The molecule has 1 heterocycles. The molecule has 52 heavy (non-hydrogen) atoms. The second kappa shape index (κ2) is 17.1. The maximum absolute atomic E-state index is 8.70. The van der Waals surface area contributed by atoms with E-state index in [1.54, 1.807) is 0 Å². The van der Waals surface area contributed by atoms with Crippen LogP contribution in [-0.4, -0.2) is 88.8 Å². The molecule has 0 spiro atoms. The molecule has 8 nitrogen and oxygen atoms in total. The normalized spacial score (nSPS) is 22.0. The largest absolute Gasteiger partial charge is 0.415 e. The summed E-state index contributed by atoms with van der Waals surface area (Å²) in [4.78, 5) is 5.55. The summed E-state index contributed by atoms with van der Waals surface area (Å²) in [6.45, 7) is 49.7. The summed E-state index contributed by atoms with van der Waals surface area (Å²) < 4.78 is 30.0. The van der Waals surface area contributed by atoms with E-state index in [2.05, 4.69) is 175 Å². The molecule has 300 valence electrons. The molecule has 3 unspecified atom stereocenters. The van der Waals surface area contributed by atoms with Crippen molar-refractivity contribution < 1.29 is 17.7 Å². The molecule has 1 aromatic carbocycles. The Bertz CT molecular complexity index is 1340. The first kappa shape index (κ1) is 47.3. The number of piperidine rings is 1. The third-order valence-electron chi connectivity index (χ3n) is 13.4. The lowest BCUT2D eigenvalue weighted by Gasteiger charge is -2.56. The van der Waals surface area contributed by atoms with Gasteiger partial charge < -0.3 is 17.7 Å². The molecule has 1 fully saturated rings. The molecule has 1 aliphatic rings. The van der Waals surface area contributed by atoms with Crippen molar-refractivity contribution in [2.24, 2.45) is 5.11 Å². The van der Waals surface area contributed by atoms with Crippen LogP contribution < -0.4 is 0 Å². The first-order chi connectivity index (χ1) is 23.3. The second-order valence-electron chi connectivity index (χ2n) is 21.5. The number of rotatable bonds is 15. The van der Waals surface area contributed by atoms with E-state index in [-0.39, 0.29) is 44.5 Å². The fourth-order valence-corrected chi connectivity index (χ4v) is 10.4. The molecule has 1 saturated heterocycles. The number of hydrogen-bond donors (Lipinski definition) is 0. The summed E-state index contributed by atoms with van der Waals surface area (Å²) in [6, 6.07) is 8.82. The van der Waals surface area contributed by atoms with E-state index in [1.807, 2.05) is 0 Å². The Morgan fingerprint density at radius 2 is 1.04 bits per heavy atom.